The van der Waals surface area contributed by atoms with Gasteiger partial charge in [0.05, 0.1) is 17.9 Å². The fourth-order valence-corrected chi connectivity index (χ4v) is 4.84. The molecule has 5 heteroatoms. The Hall–Kier alpha value is -1.36. The Balaban J connectivity index is 1.31. The molecular weight excluding hydrogens is 290 g/mol. The Bertz CT molecular complexity index is 647. The molecular formula is C18H27N3O2. The summed E-state index contributed by atoms with van der Waals surface area (Å²) < 4.78 is 7.97. The molecule has 1 N–H and O–H groups in total. The molecule has 3 fully saturated rings. The summed E-state index contributed by atoms with van der Waals surface area (Å²) in [5, 5.41) is 7.62. The molecule has 2 saturated carbocycles. The van der Waals surface area contributed by atoms with Crippen molar-refractivity contribution in [3.63, 3.8) is 0 Å². The van der Waals surface area contributed by atoms with Crippen molar-refractivity contribution in [1.29, 1.82) is 0 Å². The molecule has 1 aromatic heterocycles. The van der Waals surface area contributed by atoms with Gasteiger partial charge in [0.2, 0.25) is 5.91 Å². The smallest absolute Gasteiger partial charge is 0.220 e. The van der Waals surface area contributed by atoms with E-state index < -0.39 is 0 Å². The molecule has 1 saturated heterocycles. The van der Waals surface area contributed by atoms with Crippen molar-refractivity contribution in [3.8, 4) is 0 Å². The van der Waals surface area contributed by atoms with Crippen LogP contribution in [-0.4, -0.2) is 34.4 Å². The van der Waals surface area contributed by atoms with E-state index in [-0.39, 0.29) is 16.9 Å². The van der Waals surface area contributed by atoms with E-state index in [1.54, 1.807) is 0 Å². The van der Waals surface area contributed by atoms with Crippen LogP contribution in [0.2, 0.25) is 0 Å². The number of carbonyl (C=O) groups is 1. The maximum absolute atomic E-state index is 12.3. The van der Waals surface area contributed by atoms with Gasteiger partial charge >= 0.3 is 0 Å². The molecule has 2 atom stereocenters. The summed E-state index contributed by atoms with van der Waals surface area (Å²) in [6.07, 6.45) is 6.22. The molecule has 1 amide bonds. The van der Waals surface area contributed by atoms with Gasteiger partial charge in [-0.05, 0) is 57.4 Å². The molecule has 0 radical (unpaired) electrons. The summed E-state index contributed by atoms with van der Waals surface area (Å²) in [6.45, 7) is 5.80. The van der Waals surface area contributed by atoms with Crippen LogP contribution < -0.4 is 5.32 Å². The molecule has 1 aromatic rings. The van der Waals surface area contributed by atoms with Crippen molar-refractivity contribution in [1.82, 2.24) is 15.1 Å². The summed E-state index contributed by atoms with van der Waals surface area (Å²) in [5.41, 5.74) is 3.79. The van der Waals surface area contributed by atoms with Crippen LogP contribution in [0.3, 0.4) is 0 Å². The highest BCUT2D eigenvalue weighted by Gasteiger charge is 2.73. The van der Waals surface area contributed by atoms with Crippen LogP contribution in [0.15, 0.2) is 0 Å². The number of aromatic nitrogens is 2. The maximum atomic E-state index is 12.3. The minimum absolute atomic E-state index is 0.113. The van der Waals surface area contributed by atoms with Crippen molar-refractivity contribution in [3.05, 3.63) is 17.0 Å². The van der Waals surface area contributed by atoms with Gasteiger partial charge < -0.3 is 10.1 Å². The van der Waals surface area contributed by atoms with Crippen LogP contribution >= 0.6 is 0 Å². The van der Waals surface area contributed by atoms with Crippen molar-refractivity contribution >= 4 is 5.91 Å². The van der Waals surface area contributed by atoms with Crippen molar-refractivity contribution in [2.24, 2.45) is 18.4 Å². The molecule has 1 aliphatic heterocycles. The molecule has 0 unspecified atom stereocenters. The predicted octanol–water partition coefficient (Wildman–Crippen LogP) is 2.04. The SMILES string of the molecule is Cc1nn(C)c(C)c1CCC(=O)NC[C@]12C[C@H]1COC21CCC1. The van der Waals surface area contributed by atoms with Gasteiger partial charge in [-0.1, -0.05) is 0 Å². The third-order valence-corrected chi connectivity index (χ3v) is 6.72. The standard InChI is InChI=1S/C18H27N3O2/c1-12-15(13(2)21(3)20-12)5-6-16(22)19-11-17-9-14(17)10-23-18(17)7-4-8-18/h14H,4-11H2,1-3H3,(H,19,22)/t14-,17+/m0/s1. The van der Waals surface area contributed by atoms with Gasteiger partial charge in [-0.25, -0.2) is 0 Å². The maximum Gasteiger partial charge on any atom is 0.220 e. The average molecular weight is 317 g/mol. The first kappa shape index (κ1) is 15.2. The van der Waals surface area contributed by atoms with Gasteiger partial charge in [0.15, 0.2) is 0 Å². The van der Waals surface area contributed by atoms with E-state index in [2.05, 4.69) is 17.3 Å². The lowest BCUT2D eigenvalue weighted by molar-refractivity contribution is -0.125. The average Bonchev–Trinajstić information content (AvgIpc) is 3.01. The fourth-order valence-electron chi connectivity index (χ4n) is 4.84. The first-order chi connectivity index (χ1) is 11.0. The number of carbonyl (C=O) groups excluding carboxylic acids is 1. The lowest BCUT2D eigenvalue weighted by Gasteiger charge is -2.45. The topological polar surface area (TPSA) is 56.2 Å². The van der Waals surface area contributed by atoms with Gasteiger partial charge in [0.25, 0.3) is 0 Å². The summed E-state index contributed by atoms with van der Waals surface area (Å²) in [6, 6.07) is 0. The number of amides is 1. The molecule has 5 nitrogen and oxygen atoms in total. The van der Waals surface area contributed by atoms with Crippen LogP contribution in [0.25, 0.3) is 0 Å². The highest BCUT2D eigenvalue weighted by molar-refractivity contribution is 5.76. The number of nitrogens with zero attached hydrogens (tertiary/aromatic N) is 2. The molecule has 126 valence electrons. The number of hydrogen-bond acceptors (Lipinski definition) is 3. The second kappa shape index (κ2) is 5.07. The molecule has 3 aliphatic rings. The van der Waals surface area contributed by atoms with Crippen LogP contribution in [-0.2, 0) is 23.0 Å². The number of nitrogens with one attached hydrogen (secondary N) is 1. The second-order valence-corrected chi connectivity index (χ2v) is 7.77. The normalized spacial score (nSPS) is 30.1. The highest BCUT2D eigenvalue weighted by atomic mass is 16.5. The molecule has 0 aromatic carbocycles. The lowest BCUT2D eigenvalue weighted by Crippen LogP contribution is -2.50. The number of aryl methyl sites for hydroxylation is 2. The van der Waals surface area contributed by atoms with Crippen molar-refractivity contribution in [2.75, 3.05) is 13.2 Å². The summed E-state index contributed by atoms with van der Waals surface area (Å²) in [5.74, 6) is 0.847. The summed E-state index contributed by atoms with van der Waals surface area (Å²) in [7, 11) is 1.95. The van der Waals surface area contributed by atoms with Crippen molar-refractivity contribution < 1.29 is 9.53 Å². The van der Waals surface area contributed by atoms with E-state index in [1.165, 1.54) is 31.2 Å². The zero-order valence-corrected chi connectivity index (χ0v) is 14.4. The number of ether oxygens (including phenoxy) is 1. The van der Waals surface area contributed by atoms with Gasteiger partial charge in [0, 0.05) is 31.1 Å². The van der Waals surface area contributed by atoms with E-state index in [4.69, 9.17) is 4.74 Å². The third kappa shape index (κ3) is 2.16. The zero-order valence-electron chi connectivity index (χ0n) is 14.4. The van der Waals surface area contributed by atoms with Gasteiger partial charge in [-0.15, -0.1) is 0 Å². The Morgan fingerprint density at radius 3 is 2.78 bits per heavy atom. The van der Waals surface area contributed by atoms with E-state index >= 15 is 0 Å². The van der Waals surface area contributed by atoms with Gasteiger partial charge in [-0.3, -0.25) is 9.48 Å². The largest absolute Gasteiger partial charge is 0.374 e. The minimum Gasteiger partial charge on any atom is -0.374 e. The van der Waals surface area contributed by atoms with E-state index in [0.717, 1.165) is 31.0 Å². The van der Waals surface area contributed by atoms with E-state index in [0.29, 0.717) is 12.3 Å². The van der Waals surface area contributed by atoms with Gasteiger partial charge in [0.1, 0.15) is 0 Å². The van der Waals surface area contributed by atoms with Crippen LogP contribution in [0.4, 0.5) is 0 Å². The Kier molecular flexibility index (Phi) is 3.34. The highest BCUT2D eigenvalue weighted by Crippen LogP contribution is 2.70. The fraction of sp³-hybridized carbons (Fsp3) is 0.778. The van der Waals surface area contributed by atoms with E-state index in [9.17, 15) is 4.79 Å². The molecule has 2 heterocycles. The van der Waals surface area contributed by atoms with Crippen LogP contribution in [0.5, 0.6) is 0 Å². The number of hydrogen-bond donors (Lipinski definition) is 1. The quantitative estimate of drug-likeness (QED) is 0.904. The second-order valence-electron chi connectivity index (χ2n) is 7.77. The molecule has 23 heavy (non-hydrogen) atoms. The number of fused-ring (bicyclic) bond motifs is 2. The Morgan fingerprint density at radius 2 is 2.22 bits per heavy atom. The third-order valence-electron chi connectivity index (χ3n) is 6.72. The molecule has 0 bridgehead atoms. The summed E-state index contributed by atoms with van der Waals surface area (Å²) in [4.78, 5) is 12.3. The van der Waals surface area contributed by atoms with Gasteiger partial charge in [-0.2, -0.15) is 5.10 Å². The van der Waals surface area contributed by atoms with E-state index in [1.807, 2.05) is 18.7 Å². The predicted molar refractivity (Wildman–Crippen MR) is 87.1 cm³/mol. The lowest BCUT2D eigenvalue weighted by atomic mass is 9.68. The van der Waals surface area contributed by atoms with Crippen LogP contribution in [0.1, 0.15) is 49.1 Å². The first-order valence-corrected chi connectivity index (χ1v) is 8.87. The van der Waals surface area contributed by atoms with Crippen molar-refractivity contribution in [2.45, 2.75) is 58.0 Å². The Labute approximate surface area is 137 Å². The molecule has 4 rings (SSSR count). The first-order valence-electron chi connectivity index (χ1n) is 8.87. The van der Waals surface area contributed by atoms with Crippen LogP contribution in [0, 0.1) is 25.2 Å². The molecule has 1 spiro atoms. The minimum atomic E-state index is 0.113. The Morgan fingerprint density at radius 1 is 1.43 bits per heavy atom. The summed E-state index contributed by atoms with van der Waals surface area (Å²) >= 11 is 0. The molecule has 2 aliphatic carbocycles. The number of rotatable bonds is 5. The zero-order chi connectivity index (χ0) is 16.2. The monoisotopic (exact) mass is 317 g/mol.